The maximum atomic E-state index is 13.1. The van der Waals surface area contributed by atoms with E-state index in [1.165, 1.54) is 16.2 Å². The second kappa shape index (κ2) is 8.99. The molecule has 1 amide bonds. The van der Waals surface area contributed by atoms with Crippen molar-refractivity contribution < 1.29 is 9.53 Å². The summed E-state index contributed by atoms with van der Waals surface area (Å²) in [4.78, 5) is 27.3. The molecule has 0 saturated carbocycles. The maximum absolute atomic E-state index is 13.1. The molecule has 1 aromatic heterocycles. The average molecular weight is 402 g/mol. The van der Waals surface area contributed by atoms with Crippen molar-refractivity contribution in [3.63, 3.8) is 0 Å². The fourth-order valence-corrected chi connectivity index (χ4v) is 4.03. The van der Waals surface area contributed by atoms with Crippen LogP contribution in [0.25, 0.3) is 5.69 Å². The maximum Gasteiger partial charge on any atom is 0.255 e. The highest BCUT2D eigenvalue weighted by molar-refractivity contribution is 5.94. The van der Waals surface area contributed by atoms with Gasteiger partial charge in [-0.15, -0.1) is 0 Å². The molecular weight excluding hydrogens is 376 g/mol. The number of aromatic nitrogens is 1. The lowest BCUT2D eigenvalue weighted by Crippen LogP contribution is -2.39. The van der Waals surface area contributed by atoms with Crippen molar-refractivity contribution >= 4 is 5.91 Å². The smallest absolute Gasteiger partial charge is 0.255 e. The minimum atomic E-state index is -0.168. The Morgan fingerprint density at radius 1 is 0.967 bits per heavy atom. The van der Waals surface area contributed by atoms with E-state index in [-0.39, 0.29) is 11.5 Å². The van der Waals surface area contributed by atoms with Crippen molar-refractivity contribution in [1.29, 1.82) is 0 Å². The highest BCUT2D eigenvalue weighted by Gasteiger charge is 2.24. The van der Waals surface area contributed by atoms with E-state index < -0.39 is 0 Å². The van der Waals surface area contributed by atoms with Crippen molar-refractivity contribution in [1.82, 2.24) is 9.47 Å². The van der Waals surface area contributed by atoms with Crippen molar-refractivity contribution in [3.05, 3.63) is 94.4 Å². The zero-order valence-corrected chi connectivity index (χ0v) is 17.2. The zero-order valence-electron chi connectivity index (χ0n) is 17.2. The Bertz CT molecular complexity index is 1050. The number of methoxy groups -OCH3 is 1. The number of likely N-dealkylation sites (tertiary alicyclic amines) is 1. The van der Waals surface area contributed by atoms with Crippen LogP contribution >= 0.6 is 0 Å². The van der Waals surface area contributed by atoms with E-state index in [0.717, 1.165) is 38.1 Å². The molecule has 1 fully saturated rings. The topological polar surface area (TPSA) is 51.5 Å². The number of ether oxygens (including phenoxy) is 1. The van der Waals surface area contributed by atoms with Crippen molar-refractivity contribution in [2.24, 2.45) is 5.92 Å². The van der Waals surface area contributed by atoms with Crippen LogP contribution in [0.15, 0.2) is 77.7 Å². The molecule has 0 spiro atoms. The number of pyridine rings is 1. The fourth-order valence-electron chi connectivity index (χ4n) is 4.03. The molecule has 1 saturated heterocycles. The van der Waals surface area contributed by atoms with Crippen LogP contribution in [0, 0.1) is 5.92 Å². The van der Waals surface area contributed by atoms with Crippen LogP contribution < -0.4 is 10.3 Å². The van der Waals surface area contributed by atoms with Crippen LogP contribution in [-0.2, 0) is 6.42 Å². The van der Waals surface area contributed by atoms with E-state index in [1.54, 1.807) is 31.5 Å². The van der Waals surface area contributed by atoms with Crippen LogP contribution in [-0.4, -0.2) is 35.6 Å². The van der Waals surface area contributed by atoms with E-state index in [0.29, 0.717) is 17.2 Å². The van der Waals surface area contributed by atoms with Crippen LogP contribution in [0.4, 0.5) is 0 Å². The molecule has 5 heteroatoms. The summed E-state index contributed by atoms with van der Waals surface area (Å²) in [5, 5.41) is 0. The number of amides is 1. The Morgan fingerprint density at radius 3 is 2.33 bits per heavy atom. The molecule has 2 heterocycles. The number of hydrogen-bond acceptors (Lipinski definition) is 3. The first kappa shape index (κ1) is 20.0. The minimum absolute atomic E-state index is 0.0181. The van der Waals surface area contributed by atoms with E-state index >= 15 is 0 Å². The van der Waals surface area contributed by atoms with Gasteiger partial charge in [-0.2, -0.15) is 0 Å². The summed E-state index contributed by atoms with van der Waals surface area (Å²) in [6, 6.07) is 20.8. The van der Waals surface area contributed by atoms with Crippen LogP contribution in [0.2, 0.25) is 0 Å². The number of carbonyl (C=O) groups excluding carboxylic acids is 1. The lowest BCUT2D eigenvalue weighted by Gasteiger charge is -2.32. The van der Waals surface area contributed by atoms with Gasteiger partial charge in [-0.1, -0.05) is 30.3 Å². The van der Waals surface area contributed by atoms with Crippen LogP contribution in [0.5, 0.6) is 5.75 Å². The molecule has 0 bridgehead atoms. The van der Waals surface area contributed by atoms with Gasteiger partial charge in [-0.05, 0) is 61.1 Å². The van der Waals surface area contributed by atoms with E-state index in [9.17, 15) is 9.59 Å². The minimum Gasteiger partial charge on any atom is -0.497 e. The lowest BCUT2D eigenvalue weighted by atomic mass is 9.90. The van der Waals surface area contributed by atoms with Gasteiger partial charge >= 0.3 is 0 Å². The Balaban J connectivity index is 1.44. The van der Waals surface area contributed by atoms with Gasteiger partial charge in [-0.3, -0.25) is 14.2 Å². The number of hydrogen-bond donors (Lipinski definition) is 0. The van der Waals surface area contributed by atoms with E-state index in [4.69, 9.17) is 4.74 Å². The normalized spacial score (nSPS) is 14.5. The van der Waals surface area contributed by atoms with Crippen molar-refractivity contribution in [3.8, 4) is 11.4 Å². The molecule has 4 rings (SSSR count). The predicted octanol–water partition coefficient (Wildman–Crippen LogP) is 3.94. The Labute approximate surface area is 176 Å². The highest BCUT2D eigenvalue weighted by Crippen LogP contribution is 2.23. The number of carbonyl (C=O) groups is 1. The van der Waals surface area contributed by atoms with Gasteiger partial charge in [0, 0.05) is 31.0 Å². The summed E-state index contributed by atoms with van der Waals surface area (Å²) in [6.45, 7) is 1.50. The quantitative estimate of drug-likeness (QED) is 0.650. The molecule has 0 atom stereocenters. The van der Waals surface area contributed by atoms with Gasteiger partial charge < -0.3 is 9.64 Å². The monoisotopic (exact) mass is 402 g/mol. The third-order valence-corrected chi connectivity index (χ3v) is 5.78. The molecule has 0 aliphatic carbocycles. The van der Waals surface area contributed by atoms with Gasteiger partial charge in [0.25, 0.3) is 11.5 Å². The van der Waals surface area contributed by atoms with Crippen molar-refractivity contribution in [2.45, 2.75) is 19.3 Å². The Morgan fingerprint density at radius 2 is 1.67 bits per heavy atom. The molecule has 0 unspecified atom stereocenters. The fraction of sp³-hybridized carbons (Fsp3) is 0.280. The number of piperidine rings is 1. The lowest BCUT2D eigenvalue weighted by molar-refractivity contribution is 0.0690. The van der Waals surface area contributed by atoms with Gasteiger partial charge in [0.15, 0.2) is 0 Å². The van der Waals surface area contributed by atoms with Gasteiger partial charge in [0.2, 0.25) is 0 Å². The summed E-state index contributed by atoms with van der Waals surface area (Å²) in [6.07, 6.45) is 4.70. The SMILES string of the molecule is COc1ccc(-n2cc(C(=O)N3CCC(Cc4ccccc4)CC3)ccc2=O)cc1. The summed E-state index contributed by atoms with van der Waals surface area (Å²) < 4.78 is 6.68. The standard InChI is InChI=1S/C25H26N2O3/c1-30-23-10-8-22(9-11-23)27-18-21(7-12-24(27)28)25(29)26-15-13-20(14-16-26)17-19-5-3-2-4-6-19/h2-12,18,20H,13-17H2,1H3. The zero-order chi connectivity index (χ0) is 20.9. The first-order valence-corrected chi connectivity index (χ1v) is 10.3. The second-order valence-corrected chi connectivity index (χ2v) is 7.75. The number of nitrogens with zero attached hydrogens (tertiary/aromatic N) is 2. The first-order valence-electron chi connectivity index (χ1n) is 10.3. The Kier molecular flexibility index (Phi) is 5.98. The molecule has 30 heavy (non-hydrogen) atoms. The van der Waals surface area contributed by atoms with Crippen LogP contribution in [0.3, 0.4) is 0 Å². The van der Waals surface area contributed by atoms with Crippen LogP contribution in [0.1, 0.15) is 28.8 Å². The summed E-state index contributed by atoms with van der Waals surface area (Å²) in [5.74, 6) is 1.30. The van der Waals surface area contributed by atoms with Gasteiger partial charge in [0.05, 0.1) is 12.7 Å². The molecule has 2 aromatic carbocycles. The second-order valence-electron chi connectivity index (χ2n) is 7.75. The number of benzene rings is 2. The molecule has 0 N–H and O–H groups in total. The third-order valence-electron chi connectivity index (χ3n) is 5.78. The predicted molar refractivity (Wildman–Crippen MR) is 117 cm³/mol. The molecule has 5 nitrogen and oxygen atoms in total. The number of rotatable bonds is 5. The van der Waals surface area contributed by atoms with E-state index in [1.807, 2.05) is 23.1 Å². The highest BCUT2D eigenvalue weighted by atomic mass is 16.5. The van der Waals surface area contributed by atoms with Crippen molar-refractivity contribution in [2.75, 3.05) is 20.2 Å². The largest absolute Gasteiger partial charge is 0.497 e. The Hall–Kier alpha value is -3.34. The molecule has 0 radical (unpaired) electrons. The molecule has 1 aliphatic rings. The molecule has 1 aliphatic heterocycles. The third kappa shape index (κ3) is 4.46. The first-order chi connectivity index (χ1) is 14.6. The van der Waals surface area contributed by atoms with E-state index in [2.05, 4.69) is 24.3 Å². The van der Waals surface area contributed by atoms with Gasteiger partial charge in [-0.25, -0.2) is 0 Å². The molecule has 154 valence electrons. The molecule has 3 aromatic rings. The summed E-state index contributed by atoms with van der Waals surface area (Å²) in [7, 11) is 1.60. The summed E-state index contributed by atoms with van der Waals surface area (Å²) >= 11 is 0. The summed E-state index contributed by atoms with van der Waals surface area (Å²) in [5.41, 5.74) is 2.43. The average Bonchev–Trinajstić information content (AvgIpc) is 2.80. The molecular formula is C25H26N2O3. The van der Waals surface area contributed by atoms with Gasteiger partial charge in [0.1, 0.15) is 5.75 Å².